The highest BCUT2D eigenvalue weighted by Crippen LogP contribution is 2.46. The molecule has 0 heteroatoms. The topological polar surface area (TPSA) is 0 Å². The Morgan fingerprint density at radius 1 is 0.966 bits per heavy atom. The van der Waals surface area contributed by atoms with Gasteiger partial charge in [-0.1, -0.05) is 81.1 Å². The molecule has 0 saturated heterocycles. The predicted molar refractivity (Wildman–Crippen MR) is 129 cm³/mol. The van der Waals surface area contributed by atoms with E-state index in [-0.39, 0.29) is 0 Å². The molecule has 2 aliphatic carbocycles. The minimum absolute atomic E-state index is 0.406. The summed E-state index contributed by atoms with van der Waals surface area (Å²) in [6.07, 6.45) is 10.5. The van der Waals surface area contributed by atoms with Crippen molar-refractivity contribution in [3.63, 3.8) is 0 Å². The van der Waals surface area contributed by atoms with Gasteiger partial charge in [-0.15, -0.1) is 0 Å². The van der Waals surface area contributed by atoms with Crippen molar-refractivity contribution in [2.24, 2.45) is 5.41 Å². The van der Waals surface area contributed by atoms with Crippen LogP contribution in [0.3, 0.4) is 0 Å². The van der Waals surface area contributed by atoms with Crippen LogP contribution >= 0.6 is 0 Å². The predicted octanol–water partition coefficient (Wildman–Crippen LogP) is 8.36. The smallest absolute Gasteiger partial charge is 0.00821 e. The van der Waals surface area contributed by atoms with Crippen LogP contribution in [-0.2, 0) is 6.42 Å². The number of fused-ring (bicyclic) bond motifs is 1. The van der Waals surface area contributed by atoms with Gasteiger partial charge in [0.25, 0.3) is 0 Å². The Hall–Kier alpha value is -2.60. The molecule has 29 heavy (non-hydrogen) atoms. The van der Waals surface area contributed by atoms with Crippen LogP contribution in [-0.4, -0.2) is 0 Å². The fourth-order valence-electron chi connectivity index (χ4n) is 4.90. The molecule has 0 heterocycles. The molecular formula is C29H32. The molecule has 0 radical (unpaired) electrons. The van der Waals surface area contributed by atoms with E-state index in [0.717, 1.165) is 18.4 Å². The zero-order valence-corrected chi connectivity index (χ0v) is 18.1. The van der Waals surface area contributed by atoms with Crippen molar-refractivity contribution in [2.75, 3.05) is 0 Å². The van der Waals surface area contributed by atoms with Gasteiger partial charge in [-0.05, 0) is 95.0 Å². The maximum Gasteiger partial charge on any atom is -0.00821 e. The van der Waals surface area contributed by atoms with Crippen molar-refractivity contribution in [2.45, 2.75) is 52.9 Å². The Morgan fingerprint density at radius 2 is 1.66 bits per heavy atom. The van der Waals surface area contributed by atoms with Gasteiger partial charge >= 0.3 is 0 Å². The second kappa shape index (κ2) is 7.67. The summed E-state index contributed by atoms with van der Waals surface area (Å²) in [5.41, 5.74) is 12.3. The molecule has 0 N–H and O–H groups in total. The van der Waals surface area contributed by atoms with Gasteiger partial charge in [0.05, 0.1) is 0 Å². The molecule has 0 bridgehead atoms. The monoisotopic (exact) mass is 380 g/mol. The summed E-state index contributed by atoms with van der Waals surface area (Å²) in [6, 6.07) is 15.8. The molecule has 0 saturated carbocycles. The zero-order valence-electron chi connectivity index (χ0n) is 18.1. The Morgan fingerprint density at radius 3 is 2.31 bits per heavy atom. The molecule has 148 valence electrons. The van der Waals surface area contributed by atoms with Crippen LogP contribution in [0.1, 0.15) is 74.3 Å². The summed E-state index contributed by atoms with van der Waals surface area (Å²) in [7, 11) is 0. The van der Waals surface area contributed by atoms with E-state index in [0.29, 0.717) is 5.41 Å². The average Bonchev–Trinajstić information content (AvgIpc) is 3.23. The third kappa shape index (κ3) is 3.69. The summed E-state index contributed by atoms with van der Waals surface area (Å²) in [6.45, 7) is 15.2. The molecule has 0 aromatic heterocycles. The van der Waals surface area contributed by atoms with Crippen LogP contribution in [0.2, 0.25) is 0 Å². The standard InChI is InChI=1S/C29H32/c1-6-29(7-2)18-21(5)28-17-26(14-15-27(28)19-29)25-13-12-24(16-25)23-10-8-22(9-11-23)20(3)4/h8-12,14-17H,3,5-7,13,18-19H2,1-2,4H3. The van der Waals surface area contributed by atoms with Crippen LogP contribution in [0.4, 0.5) is 0 Å². The first-order valence-electron chi connectivity index (χ1n) is 10.9. The molecule has 0 spiro atoms. The van der Waals surface area contributed by atoms with Gasteiger partial charge in [0.2, 0.25) is 0 Å². The summed E-state index contributed by atoms with van der Waals surface area (Å²) in [5.74, 6) is 0. The van der Waals surface area contributed by atoms with Gasteiger partial charge in [0.15, 0.2) is 0 Å². The average molecular weight is 381 g/mol. The number of allylic oxidation sites excluding steroid dienone is 6. The largest absolute Gasteiger partial charge is 0.0955 e. The van der Waals surface area contributed by atoms with E-state index in [4.69, 9.17) is 0 Å². The van der Waals surface area contributed by atoms with Crippen LogP contribution in [0.5, 0.6) is 0 Å². The van der Waals surface area contributed by atoms with Crippen molar-refractivity contribution < 1.29 is 0 Å². The fraction of sp³-hybridized carbons (Fsp3) is 0.310. The molecule has 0 unspecified atom stereocenters. The van der Waals surface area contributed by atoms with Crippen LogP contribution < -0.4 is 0 Å². The second-order valence-corrected chi connectivity index (χ2v) is 8.93. The zero-order chi connectivity index (χ0) is 20.6. The summed E-state index contributed by atoms with van der Waals surface area (Å²) in [4.78, 5) is 0. The van der Waals surface area contributed by atoms with Gasteiger partial charge < -0.3 is 0 Å². The van der Waals surface area contributed by atoms with E-state index in [9.17, 15) is 0 Å². The van der Waals surface area contributed by atoms with Crippen molar-refractivity contribution >= 4 is 22.3 Å². The van der Waals surface area contributed by atoms with Crippen LogP contribution in [0.15, 0.2) is 67.8 Å². The molecule has 2 aromatic carbocycles. The van der Waals surface area contributed by atoms with Crippen molar-refractivity contribution in [1.82, 2.24) is 0 Å². The quantitative estimate of drug-likeness (QED) is 0.489. The molecule has 0 atom stereocenters. The molecule has 0 aliphatic heterocycles. The minimum Gasteiger partial charge on any atom is -0.0955 e. The molecule has 4 rings (SSSR count). The number of benzene rings is 2. The van der Waals surface area contributed by atoms with Gasteiger partial charge in [-0.3, -0.25) is 0 Å². The van der Waals surface area contributed by atoms with Gasteiger partial charge in [0, 0.05) is 0 Å². The van der Waals surface area contributed by atoms with Gasteiger partial charge in [-0.2, -0.15) is 0 Å². The van der Waals surface area contributed by atoms with E-state index < -0.39 is 0 Å². The second-order valence-electron chi connectivity index (χ2n) is 8.93. The molecule has 0 nitrogen and oxygen atoms in total. The third-order valence-electron chi connectivity index (χ3n) is 7.10. The highest BCUT2D eigenvalue weighted by Gasteiger charge is 2.33. The van der Waals surface area contributed by atoms with Crippen molar-refractivity contribution in [1.29, 1.82) is 0 Å². The van der Waals surface area contributed by atoms with E-state index in [2.05, 4.69) is 88.5 Å². The molecule has 0 amide bonds. The molecule has 2 aliphatic rings. The third-order valence-corrected chi connectivity index (χ3v) is 7.10. The summed E-state index contributed by atoms with van der Waals surface area (Å²) >= 11 is 0. The lowest BCUT2D eigenvalue weighted by molar-refractivity contribution is 0.261. The lowest BCUT2D eigenvalue weighted by Crippen LogP contribution is -2.26. The Labute approximate surface area is 176 Å². The van der Waals surface area contributed by atoms with E-state index >= 15 is 0 Å². The molecule has 0 fully saturated rings. The van der Waals surface area contributed by atoms with E-state index in [1.165, 1.54) is 63.8 Å². The highest BCUT2D eigenvalue weighted by molar-refractivity contribution is 5.90. The van der Waals surface area contributed by atoms with Gasteiger partial charge in [-0.25, -0.2) is 0 Å². The summed E-state index contributed by atoms with van der Waals surface area (Å²) < 4.78 is 0. The Kier molecular flexibility index (Phi) is 5.21. The highest BCUT2D eigenvalue weighted by atomic mass is 14.4. The first kappa shape index (κ1) is 19.7. The van der Waals surface area contributed by atoms with E-state index in [1.54, 1.807) is 0 Å². The van der Waals surface area contributed by atoms with E-state index in [1.807, 2.05) is 0 Å². The molecular weight excluding hydrogens is 348 g/mol. The van der Waals surface area contributed by atoms with Crippen molar-refractivity contribution in [3.05, 3.63) is 95.6 Å². The maximum atomic E-state index is 4.46. The normalized spacial score (nSPS) is 17.6. The SMILES string of the molecule is C=C(C)c1ccc(C2=CCC(c3ccc4c(c3)C(=C)CC(CC)(CC)C4)=C2)cc1. The molecule has 2 aromatic rings. The Bertz CT molecular complexity index is 1020. The number of rotatable bonds is 5. The van der Waals surface area contributed by atoms with Crippen LogP contribution in [0.25, 0.3) is 22.3 Å². The first-order valence-corrected chi connectivity index (χ1v) is 10.9. The lowest BCUT2D eigenvalue weighted by Gasteiger charge is -2.38. The number of hydrogen-bond donors (Lipinski definition) is 0. The van der Waals surface area contributed by atoms with Gasteiger partial charge in [0.1, 0.15) is 0 Å². The van der Waals surface area contributed by atoms with Crippen molar-refractivity contribution in [3.8, 4) is 0 Å². The Balaban J connectivity index is 1.59. The fourth-order valence-corrected chi connectivity index (χ4v) is 4.90. The first-order chi connectivity index (χ1) is 13.9. The summed E-state index contributed by atoms with van der Waals surface area (Å²) in [5, 5.41) is 0. The maximum absolute atomic E-state index is 4.46. The lowest BCUT2D eigenvalue weighted by atomic mass is 9.66. The minimum atomic E-state index is 0.406. The number of hydrogen-bond acceptors (Lipinski definition) is 0. The van der Waals surface area contributed by atoms with Crippen LogP contribution in [0, 0.1) is 5.41 Å².